The highest BCUT2D eigenvalue weighted by Gasteiger charge is 2.33. The molecule has 0 bridgehead atoms. The maximum absolute atomic E-state index is 13.8. The summed E-state index contributed by atoms with van der Waals surface area (Å²) in [7, 11) is 1.64. The van der Waals surface area contributed by atoms with Crippen molar-refractivity contribution < 1.29 is 4.74 Å². The van der Waals surface area contributed by atoms with Gasteiger partial charge in [-0.3, -0.25) is 9.36 Å². The van der Waals surface area contributed by atoms with Crippen molar-refractivity contribution in [2.24, 2.45) is 4.99 Å². The third kappa shape index (κ3) is 3.35. The predicted octanol–water partition coefficient (Wildman–Crippen LogP) is 4.98. The number of methoxy groups -OCH3 is 1. The molecule has 6 rings (SSSR count). The lowest BCUT2D eigenvalue weighted by Gasteiger charge is -2.31. The highest BCUT2D eigenvalue weighted by atomic mass is 35.5. The van der Waals surface area contributed by atoms with Crippen LogP contribution in [0.15, 0.2) is 88.2 Å². The van der Waals surface area contributed by atoms with E-state index in [9.17, 15) is 4.79 Å². The maximum Gasteiger partial charge on any atom is 0.271 e. The average molecular weight is 485 g/mol. The molecule has 2 aliphatic rings. The fraction of sp³-hybridized carbons (Fsp3) is 0.143. The van der Waals surface area contributed by atoms with Crippen molar-refractivity contribution in [3.05, 3.63) is 125 Å². The third-order valence-corrected chi connectivity index (χ3v) is 7.83. The van der Waals surface area contributed by atoms with E-state index in [4.69, 9.17) is 21.3 Å². The second-order valence-electron chi connectivity index (χ2n) is 8.38. The number of benzene rings is 3. The lowest BCUT2D eigenvalue weighted by atomic mass is 9.83. The van der Waals surface area contributed by atoms with Gasteiger partial charge in [-0.25, -0.2) is 4.99 Å². The molecule has 1 aromatic heterocycles. The van der Waals surface area contributed by atoms with Crippen molar-refractivity contribution >= 4 is 34.7 Å². The number of halogens is 1. The Kier molecular flexibility index (Phi) is 5.24. The quantitative estimate of drug-likeness (QED) is 0.411. The van der Waals surface area contributed by atoms with Crippen LogP contribution in [-0.2, 0) is 6.42 Å². The zero-order valence-electron chi connectivity index (χ0n) is 18.5. The fourth-order valence-corrected chi connectivity index (χ4v) is 6.15. The van der Waals surface area contributed by atoms with Crippen molar-refractivity contribution in [2.75, 3.05) is 7.11 Å². The summed E-state index contributed by atoms with van der Waals surface area (Å²) in [5.41, 5.74) is 6.26. The minimum atomic E-state index is -0.284. The number of aromatic nitrogens is 1. The van der Waals surface area contributed by atoms with E-state index in [1.54, 1.807) is 7.11 Å². The molecule has 0 radical (unpaired) electrons. The Morgan fingerprint density at radius 2 is 1.79 bits per heavy atom. The highest BCUT2D eigenvalue weighted by molar-refractivity contribution is 7.07. The van der Waals surface area contributed by atoms with Crippen molar-refractivity contribution in [3.8, 4) is 5.75 Å². The smallest absolute Gasteiger partial charge is 0.271 e. The Morgan fingerprint density at radius 1 is 1.03 bits per heavy atom. The van der Waals surface area contributed by atoms with Crippen LogP contribution >= 0.6 is 22.9 Å². The summed E-state index contributed by atoms with van der Waals surface area (Å²) in [6.07, 6.45) is 3.64. The molecular formula is C28H21ClN2O2S. The van der Waals surface area contributed by atoms with E-state index in [0.29, 0.717) is 14.4 Å². The molecule has 0 amide bonds. The zero-order chi connectivity index (χ0) is 23.2. The lowest BCUT2D eigenvalue weighted by Crippen LogP contribution is -2.38. The van der Waals surface area contributed by atoms with Gasteiger partial charge in [-0.15, -0.1) is 0 Å². The van der Waals surface area contributed by atoms with E-state index in [1.807, 2.05) is 65.2 Å². The van der Waals surface area contributed by atoms with Crippen LogP contribution in [0.2, 0.25) is 5.02 Å². The molecule has 2 heterocycles. The highest BCUT2D eigenvalue weighted by Crippen LogP contribution is 2.42. The largest absolute Gasteiger partial charge is 0.496 e. The number of thiazole rings is 1. The van der Waals surface area contributed by atoms with Gasteiger partial charge in [0.1, 0.15) is 5.75 Å². The van der Waals surface area contributed by atoms with Gasteiger partial charge in [0.2, 0.25) is 0 Å². The molecular weight excluding hydrogens is 464 g/mol. The number of nitrogens with zero attached hydrogens (tertiary/aromatic N) is 2. The molecule has 34 heavy (non-hydrogen) atoms. The van der Waals surface area contributed by atoms with Crippen LogP contribution in [0, 0.1) is 0 Å². The van der Waals surface area contributed by atoms with E-state index < -0.39 is 0 Å². The van der Waals surface area contributed by atoms with Crippen molar-refractivity contribution in [1.82, 2.24) is 4.57 Å². The Balaban J connectivity index is 1.65. The van der Waals surface area contributed by atoms with Gasteiger partial charge in [-0.05, 0) is 47.8 Å². The van der Waals surface area contributed by atoms with Gasteiger partial charge in [0.25, 0.3) is 5.56 Å². The van der Waals surface area contributed by atoms with E-state index in [-0.39, 0.29) is 11.6 Å². The van der Waals surface area contributed by atoms with Gasteiger partial charge in [-0.1, -0.05) is 83.6 Å². The molecule has 0 saturated carbocycles. The summed E-state index contributed by atoms with van der Waals surface area (Å²) in [5.74, 6) is 0.726. The zero-order valence-corrected chi connectivity index (χ0v) is 20.1. The topological polar surface area (TPSA) is 43.6 Å². The number of para-hydroxylation sites is 1. The molecule has 1 atom stereocenters. The summed E-state index contributed by atoms with van der Waals surface area (Å²) in [6.45, 7) is 0. The van der Waals surface area contributed by atoms with E-state index in [2.05, 4.69) is 18.2 Å². The first-order chi connectivity index (χ1) is 16.7. The average Bonchev–Trinajstić information content (AvgIpc) is 3.18. The molecule has 6 heteroatoms. The van der Waals surface area contributed by atoms with Gasteiger partial charge < -0.3 is 4.74 Å². The summed E-state index contributed by atoms with van der Waals surface area (Å²) in [4.78, 5) is 19.5. The van der Waals surface area contributed by atoms with Crippen molar-refractivity contribution in [2.45, 2.75) is 18.9 Å². The number of allylic oxidation sites excluding steroid dienone is 1. The minimum Gasteiger partial charge on any atom is -0.496 e. The molecule has 1 aliphatic heterocycles. The summed E-state index contributed by atoms with van der Waals surface area (Å²) in [6, 6.07) is 23.6. The normalized spacial score (nSPS) is 17.0. The van der Waals surface area contributed by atoms with E-state index in [0.717, 1.165) is 46.6 Å². The van der Waals surface area contributed by atoms with Gasteiger partial charge in [0, 0.05) is 16.1 Å². The Morgan fingerprint density at radius 3 is 2.65 bits per heavy atom. The summed E-state index contributed by atoms with van der Waals surface area (Å²) in [5, 5.41) is 0.652. The van der Waals surface area contributed by atoms with Crippen LogP contribution in [0.25, 0.3) is 11.8 Å². The molecule has 4 nitrogen and oxygen atoms in total. The van der Waals surface area contributed by atoms with Crippen molar-refractivity contribution in [3.63, 3.8) is 0 Å². The second-order valence-corrected chi connectivity index (χ2v) is 9.79. The molecule has 3 aromatic carbocycles. The van der Waals surface area contributed by atoms with Crippen LogP contribution < -0.4 is 19.6 Å². The Hall–Kier alpha value is -3.41. The molecule has 0 fully saturated rings. The number of hydrogen-bond donors (Lipinski definition) is 0. The van der Waals surface area contributed by atoms with E-state index >= 15 is 0 Å². The monoisotopic (exact) mass is 484 g/mol. The first-order valence-corrected chi connectivity index (χ1v) is 12.4. The SMILES string of the molecule is COc1ccccc1/C=c1\sc2n(c1=O)C(c1ccccc1Cl)C1=C(N=2)c2ccccc2CC1. The summed E-state index contributed by atoms with van der Waals surface area (Å²) < 4.78 is 7.94. The third-order valence-electron chi connectivity index (χ3n) is 6.50. The van der Waals surface area contributed by atoms with Crippen LogP contribution in [-0.4, -0.2) is 11.7 Å². The first-order valence-electron chi connectivity index (χ1n) is 11.2. The minimum absolute atomic E-state index is 0.0648. The summed E-state index contributed by atoms with van der Waals surface area (Å²) >= 11 is 8.10. The number of ether oxygens (including phenoxy) is 1. The maximum atomic E-state index is 13.8. The number of rotatable bonds is 3. The first kappa shape index (κ1) is 21.1. The van der Waals surface area contributed by atoms with Crippen LogP contribution in [0.5, 0.6) is 5.75 Å². The van der Waals surface area contributed by atoms with Gasteiger partial charge >= 0.3 is 0 Å². The van der Waals surface area contributed by atoms with Crippen LogP contribution in [0.3, 0.4) is 0 Å². The van der Waals surface area contributed by atoms with E-state index in [1.165, 1.54) is 16.9 Å². The van der Waals surface area contributed by atoms with Gasteiger partial charge in [0.15, 0.2) is 4.80 Å². The number of aryl methyl sites for hydroxylation is 1. The number of fused-ring (bicyclic) bond motifs is 3. The molecule has 0 saturated heterocycles. The molecule has 1 unspecified atom stereocenters. The molecule has 4 aromatic rings. The van der Waals surface area contributed by atoms with Crippen LogP contribution in [0.1, 0.15) is 34.7 Å². The number of hydrogen-bond acceptors (Lipinski definition) is 4. The van der Waals surface area contributed by atoms with Gasteiger partial charge in [0.05, 0.1) is 23.4 Å². The van der Waals surface area contributed by atoms with Crippen LogP contribution in [0.4, 0.5) is 0 Å². The lowest BCUT2D eigenvalue weighted by molar-refractivity contribution is 0.414. The molecule has 1 aliphatic carbocycles. The van der Waals surface area contributed by atoms with Gasteiger partial charge in [-0.2, -0.15) is 0 Å². The predicted molar refractivity (Wildman–Crippen MR) is 137 cm³/mol. The standard InChI is InChI=1S/C28H21ClN2O2S/c1-33-23-13-7-3-9-18(23)16-24-27(32)31-26(20-11-5-6-12-22(20)29)21-15-14-17-8-2-4-10-19(17)25(21)30-28(31)34-24/h2-13,16,26H,14-15H2,1H3/b24-16-. The Labute approximate surface area is 205 Å². The Bertz CT molecular complexity index is 1650. The second kappa shape index (κ2) is 8.42. The molecule has 0 spiro atoms. The van der Waals surface area contributed by atoms with Crippen molar-refractivity contribution in [1.29, 1.82) is 0 Å². The fourth-order valence-electron chi connectivity index (χ4n) is 4.92. The molecule has 0 N–H and O–H groups in total. The molecule has 168 valence electrons.